The van der Waals surface area contributed by atoms with Crippen LogP contribution in [0.2, 0.25) is 0 Å². The van der Waals surface area contributed by atoms with Gasteiger partial charge in [-0.2, -0.15) is 0 Å². The summed E-state index contributed by atoms with van der Waals surface area (Å²) < 4.78 is 26.4. The van der Waals surface area contributed by atoms with Crippen LogP contribution in [0.25, 0.3) is 0 Å². The fourth-order valence-corrected chi connectivity index (χ4v) is 5.54. The van der Waals surface area contributed by atoms with Crippen molar-refractivity contribution < 1.29 is 8.42 Å². The minimum absolute atomic E-state index is 0.0710. The average Bonchev–Trinajstić information content (AvgIpc) is 3.24. The van der Waals surface area contributed by atoms with Crippen molar-refractivity contribution in [1.29, 1.82) is 0 Å². The number of sulfonamides is 1. The zero-order valence-electron chi connectivity index (χ0n) is 12.2. The second kappa shape index (κ2) is 5.07. The molecule has 1 aromatic carbocycles. The minimum Gasteiger partial charge on any atom is -0.294 e. The molecule has 0 aromatic heterocycles. The molecular weight excluding hydrogens is 284 g/mol. The molecular formula is C16H22N2O2S. The van der Waals surface area contributed by atoms with Crippen LogP contribution < -0.4 is 0 Å². The number of fused-ring (bicyclic) bond motifs is 1. The Morgan fingerprint density at radius 1 is 1.00 bits per heavy atom. The van der Waals surface area contributed by atoms with Crippen LogP contribution in [0.15, 0.2) is 24.3 Å². The van der Waals surface area contributed by atoms with Crippen molar-refractivity contribution in [3.63, 3.8) is 0 Å². The van der Waals surface area contributed by atoms with Crippen molar-refractivity contribution in [1.82, 2.24) is 9.21 Å². The molecule has 21 heavy (non-hydrogen) atoms. The van der Waals surface area contributed by atoms with Crippen LogP contribution >= 0.6 is 0 Å². The zero-order valence-corrected chi connectivity index (χ0v) is 13.1. The monoisotopic (exact) mass is 306 g/mol. The lowest BCUT2D eigenvalue weighted by atomic mass is 9.98. The second-order valence-electron chi connectivity index (χ2n) is 6.53. The van der Waals surface area contributed by atoms with Gasteiger partial charge in [0.15, 0.2) is 0 Å². The molecule has 2 aliphatic heterocycles. The Kier molecular flexibility index (Phi) is 3.32. The highest BCUT2D eigenvalue weighted by atomic mass is 32.2. The molecule has 1 unspecified atom stereocenters. The molecule has 114 valence electrons. The van der Waals surface area contributed by atoms with E-state index >= 15 is 0 Å². The van der Waals surface area contributed by atoms with E-state index in [2.05, 4.69) is 29.2 Å². The van der Waals surface area contributed by atoms with E-state index in [0.717, 1.165) is 38.8 Å². The van der Waals surface area contributed by atoms with Gasteiger partial charge in [0.05, 0.1) is 5.25 Å². The molecule has 0 N–H and O–H groups in total. The number of hydrogen-bond donors (Lipinski definition) is 0. The quantitative estimate of drug-likeness (QED) is 0.852. The van der Waals surface area contributed by atoms with Gasteiger partial charge in [-0.3, -0.25) is 4.90 Å². The highest BCUT2D eigenvalue weighted by molar-refractivity contribution is 7.90. The summed E-state index contributed by atoms with van der Waals surface area (Å²) in [5.41, 5.74) is 2.86. The van der Waals surface area contributed by atoms with Gasteiger partial charge in [0.2, 0.25) is 10.0 Å². The standard InChI is InChI=1S/C16H22N2O2S/c19-21(20,16-5-6-16)18-10-8-15(12-18)17-9-7-13-3-1-2-4-14(13)11-17/h1-4,15-16H,5-12H2. The number of benzene rings is 1. The van der Waals surface area contributed by atoms with Crippen molar-refractivity contribution >= 4 is 10.0 Å². The number of nitrogens with zero attached hydrogens (tertiary/aromatic N) is 2. The van der Waals surface area contributed by atoms with Crippen LogP contribution in [0.5, 0.6) is 0 Å². The van der Waals surface area contributed by atoms with Gasteiger partial charge in [-0.25, -0.2) is 12.7 Å². The van der Waals surface area contributed by atoms with Gasteiger partial charge >= 0.3 is 0 Å². The lowest BCUT2D eigenvalue weighted by Gasteiger charge is -2.33. The van der Waals surface area contributed by atoms with Gasteiger partial charge in [-0.15, -0.1) is 0 Å². The Morgan fingerprint density at radius 2 is 1.76 bits per heavy atom. The molecule has 1 atom stereocenters. The molecule has 1 saturated carbocycles. The summed E-state index contributed by atoms with van der Waals surface area (Å²) in [5, 5.41) is -0.0710. The fourth-order valence-electron chi connectivity index (χ4n) is 3.65. The number of rotatable bonds is 3. The molecule has 1 aromatic rings. The molecule has 2 fully saturated rings. The van der Waals surface area contributed by atoms with Crippen LogP contribution in [0.1, 0.15) is 30.4 Å². The lowest BCUT2D eigenvalue weighted by molar-refractivity contribution is 0.185. The summed E-state index contributed by atoms with van der Waals surface area (Å²) in [7, 11) is -2.99. The van der Waals surface area contributed by atoms with Crippen molar-refractivity contribution in [2.45, 2.75) is 43.5 Å². The summed E-state index contributed by atoms with van der Waals surface area (Å²) in [5.74, 6) is 0. The Balaban J connectivity index is 1.45. The van der Waals surface area contributed by atoms with Crippen LogP contribution in [0.4, 0.5) is 0 Å². The normalized spacial score (nSPS) is 27.7. The first-order chi connectivity index (χ1) is 10.1. The van der Waals surface area contributed by atoms with Gasteiger partial charge in [0.25, 0.3) is 0 Å². The maximum Gasteiger partial charge on any atom is 0.217 e. The van der Waals surface area contributed by atoms with E-state index in [0.29, 0.717) is 19.1 Å². The van der Waals surface area contributed by atoms with E-state index in [1.165, 1.54) is 11.1 Å². The van der Waals surface area contributed by atoms with Crippen molar-refractivity contribution in [2.75, 3.05) is 19.6 Å². The van der Waals surface area contributed by atoms with Crippen LogP contribution in [-0.4, -0.2) is 48.5 Å². The Labute approximate surface area is 126 Å². The predicted octanol–water partition coefficient (Wildman–Crippen LogP) is 1.61. The summed E-state index contributed by atoms with van der Waals surface area (Å²) in [4.78, 5) is 2.48. The van der Waals surface area contributed by atoms with Gasteiger partial charge in [-0.1, -0.05) is 24.3 Å². The van der Waals surface area contributed by atoms with E-state index in [1.807, 2.05) is 0 Å². The van der Waals surface area contributed by atoms with Crippen LogP contribution in [-0.2, 0) is 23.0 Å². The van der Waals surface area contributed by atoms with Crippen molar-refractivity contribution in [3.8, 4) is 0 Å². The van der Waals surface area contributed by atoms with E-state index in [4.69, 9.17) is 0 Å². The second-order valence-corrected chi connectivity index (χ2v) is 8.75. The molecule has 4 nitrogen and oxygen atoms in total. The summed E-state index contributed by atoms with van der Waals surface area (Å²) >= 11 is 0. The van der Waals surface area contributed by atoms with E-state index in [9.17, 15) is 8.42 Å². The molecule has 0 bridgehead atoms. The minimum atomic E-state index is -2.99. The average molecular weight is 306 g/mol. The molecule has 1 aliphatic carbocycles. The Morgan fingerprint density at radius 3 is 2.52 bits per heavy atom. The maximum atomic E-state index is 12.3. The van der Waals surface area contributed by atoms with Gasteiger partial charge in [0.1, 0.15) is 0 Å². The molecule has 1 saturated heterocycles. The third-order valence-electron chi connectivity index (χ3n) is 5.11. The third kappa shape index (κ3) is 2.51. The first-order valence-electron chi connectivity index (χ1n) is 7.94. The largest absolute Gasteiger partial charge is 0.294 e. The lowest BCUT2D eigenvalue weighted by Crippen LogP contribution is -2.42. The van der Waals surface area contributed by atoms with Crippen LogP contribution in [0.3, 0.4) is 0 Å². The molecule has 4 rings (SSSR count). The zero-order chi connectivity index (χ0) is 14.4. The van der Waals surface area contributed by atoms with Gasteiger partial charge in [0, 0.05) is 32.2 Å². The van der Waals surface area contributed by atoms with E-state index in [1.54, 1.807) is 4.31 Å². The fraction of sp³-hybridized carbons (Fsp3) is 0.625. The Bertz CT molecular complexity index is 639. The summed E-state index contributed by atoms with van der Waals surface area (Å²) in [6.07, 6.45) is 3.79. The topological polar surface area (TPSA) is 40.6 Å². The Hall–Kier alpha value is -0.910. The SMILES string of the molecule is O=S(=O)(C1CC1)N1CCC(N2CCc3ccccc3C2)C1. The summed E-state index contributed by atoms with van der Waals surface area (Å²) in [6.45, 7) is 3.43. The molecule has 0 radical (unpaired) electrons. The van der Waals surface area contributed by atoms with Crippen LogP contribution in [0, 0.1) is 0 Å². The van der Waals surface area contributed by atoms with E-state index < -0.39 is 10.0 Å². The molecule has 2 heterocycles. The van der Waals surface area contributed by atoms with E-state index in [-0.39, 0.29) is 5.25 Å². The summed E-state index contributed by atoms with van der Waals surface area (Å²) in [6, 6.07) is 9.02. The van der Waals surface area contributed by atoms with Gasteiger partial charge in [-0.05, 0) is 36.8 Å². The first kappa shape index (κ1) is 13.7. The smallest absolute Gasteiger partial charge is 0.217 e. The highest BCUT2D eigenvalue weighted by Crippen LogP contribution is 2.34. The first-order valence-corrected chi connectivity index (χ1v) is 9.45. The highest BCUT2D eigenvalue weighted by Gasteiger charge is 2.43. The number of hydrogen-bond acceptors (Lipinski definition) is 3. The van der Waals surface area contributed by atoms with Crippen molar-refractivity contribution in [3.05, 3.63) is 35.4 Å². The third-order valence-corrected chi connectivity index (χ3v) is 7.47. The van der Waals surface area contributed by atoms with Crippen molar-refractivity contribution in [2.24, 2.45) is 0 Å². The predicted molar refractivity (Wildman–Crippen MR) is 82.5 cm³/mol. The van der Waals surface area contributed by atoms with Gasteiger partial charge < -0.3 is 0 Å². The molecule has 0 spiro atoms. The maximum absolute atomic E-state index is 12.3. The molecule has 3 aliphatic rings. The molecule has 0 amide bonds. The molecule has 5 heteroatoms.